The molecule has 256 valence electrons. The predicted molar refractivity (Wildman–Crippen MR) is 229 cm³/mol. The van der Waals surface area contributed by atoms with Crippen molar-refractivity contribution in [2.24, 2.45) is 0 Å². The monoisotopic (exact) mass is 706 g/mol. The molecule has 0 radical (unpaired) electrons. The summed E-state index contributed by atoms with van der Waals surface area (Å²) in [6, 6.07) is 50.1. The van der Waals surface area contributed by atoms with Crippen molar-refractivity contribution < 1.29 is 12.6 Å². The molecular weight excluding hydrogens is 669 g/mol. The average Bonchev–Trinajstić information content (AvgIpc) is 3.72. The fraction of sp³-hybridized carbons (Fsp3) is 0. The summed E-state index contributed by atoms with van der Waals surface area (Å²) in [5.74, 6) is 0.387. The van der Waals surface area contributed by atoms with Gasteiger partial charge in [0.2, 0.25) is 0 Å². The standard InChI is InChI=1S/C52H32N2O/c1-3-13-33(14-4-1)35-17-11-18-37(29-35)48-32-49(54-52(53-48)34-15-5-2-6-16-34)38-26-28-45-46-24-12-23-39(51(46)55-50(45)31-38)36-25-27-44-42-21-8-7-19-40(42)41-20-9-10-22-43(41)47(44)30-36/h1-32H/i12D,23D,24D,26D,28D,31D. The Labute approximate surface area is 326 Å². The quantitative estimate of drug-likeness (QED) is 0.167. The smallest absolute Gasteiger partial charge is 0.160 e. The molecule has 0 aliphatic carbocycles. The van der Waals surface area contributed by atoms with E-state index < -0.39 is 0 Å². The van der Waals surface area contributed by atoms with Crippen molar-refractivity contribution in [1.82, 2.24) is 9.97 Å². The summed E-state index contributed by atoms with van der Waals surface area (Å²) in [4.78, 5) is 9.89. The van der Waals surface area contributed by atoms with Gasteiger partial charge in [-0.2, -0.15) is 0 Å². The number of fused-ring (bicyclic) bond motifs is 9. The van der Waals surface area contributed by atoms with E-state index in [0.717, 1.165) is 54.6 Å². The lowest BCUT2D eigenvalue weighted by molar-refractivity contribution is 0.670. The summed E-state index contributed by atoms with van der Waals surface area (Å²) >= 11 is 0. The highest BCUT2D eigenvalue weighted by atomic mass is 16.3. The number of para-hydroxylation sites is 1. The number of benzene rings is 9. The van der Waals surface area contributed by atoms with Crippen LogP contribution in [0, 0.1) is 0 Å². The molecule has 0 spiro atoms. The maximum absolute atomic E-state index is 9.66. The molecule has 0 saturated carbocycles. The predicted octanol–water partition coefficient (Wildman–Crippen LogP) is 14.2. The van der Waals surface area contributed by atoms with Crippen LogP contribution in [-0.2, 0) is 0 Å². The van der Waals surface area contributed by atoms with Gasteiger partial charge in [0.25, 0.3) is 0 Å². The molecule has 0 atom stereocenters. The number of furan rings is 1. The maximum Gasteiger partial charge on any atom is 0.160 e. The third-order valence-corrected chi connectivity index (χ3v) is 10.4. The van der Waals surface area contributed by atoms with Crippen LogP contribution in [0.15, 0.2) is 198 Å². The number of hydrogen-bond donors (Lipinski definition) is 0. The van der Waals surface area contributed by atoms with Crippen LogP contribution in [0.25, 0.3) is 110 Å². The molecule has 11 aromatic rings. The van der Waals surface area contributed by atoms with Crippen molar-refractivity contribution in [3.8, 4) is 56.2 Å². The van der Waals surface area contributed by atoms with Gasteiger partial charge in [-0.1, -0.05) is 164 Å². The largest absolute Gasteiger partial charge is 0.455 e. The summed E-state index contributed by atoms with van der Waals surface area (Å²) in [7, 11) is 0. The Bertz CT molecular complexity index is 3570. The van der Waals surface area contributed by atoms with Gasteiger partial charge in [-0.25, -0.2) is 9.97 Å². The maximum atomic E-state index is 9.66. The summed E-state index contributed by atoms with van der Waals surface area (Å²) in [5, 5.41) is 6.54. The summed E-state index contributed by atoms with van der Waals surface area (Å²) in [6.07, 6.45) is 0. The number of rotatable bonds is 5. The first-order valence-electron chi connectivity index (χ1n) is 21.2. The number of aromatic nitrogens is 2. The Hall–Kier alpha value is -7.36. The second kappa shape index (κ2) is 12.6. The fourth-order valence-electron chi connectivity index (χ4n) is 7.74. The lowest BCUT2D eigenvalue weighted by Crippen LogP contribution is -1.96. The van der Waals surface area contributed by atoms with E-state index >= 15 is 0 Å². The molecule has 2 heterocycles. The van der Waals surface area contributed by atoms with Crippen LogP contribution in [0.5, 0.6) is 0 Å². The molecule has 55 heavy (non-hydrogen) atoms. The summed E-state index contributed by atoms with van der Waals surface area (Å²) < 4.78 is 62.4. The minimum absolute atomic E-state index is 0.0181. The Morgan fingerprint density at radius 3 is 1.71 bits per heavy atom. The van der Waals surface area contributed by atoms with Crippen LogP contribution < -0.4 is 0 Å². The Balaban J connectivity index is 1.16. The molecule has 0 amide bonds. The molecule has 0 N–H and O–H groups in total. The van der Waals surface area contributed by atoms with Crippen LogP contribution in [0.2, 0.25) is 0 Å². The Morgan fingerprint density at radius 2 is 0.982 bits per heavy atom. The normalized spacial score (nSPS) is 13.2. The lowest BCUT2D eigenvalue weighted by atomic mass is 9.92. The highest BCUT2D eigenvalue weighted by molar-refractivity contribution is 6.26. The third kappa shape index (κ3) is 5.28. The van der Waals surface area contributed by atoms with Crippen LogP contribution in [0.1, 0.15) is 8.22 Å². The van der Waals surface area contributed by atoms with E-state index in [1.807, 2.05) is 127 Å². The van der Waals surface area contributed by atoms with Gasteiger partial charge >= 0.3 is 0 Å². The van der Waals surface area contributed by atoms with Crippen LogP contribution in [-0.4, -0.2) is 9.97 Å². The first-order chi connectivity index (χ1) is 29.8. The molecule has 0 unspecified atom stereocenters. The van der Waals surface area contributed by atoms with E-state index in [1.165, 1.54) is 0 Å². The van der Waals surface area contributed by atoms with Gasteiger partial charge in [0.1, 0.15) is 11.2 Å². The Kier molecular flexibility index (Phi) is 5.88. The fourth-order valence-corrected chi connectivity index (χ4v) is 7.74. The van der Waals surface area contributed by atoms with Crippen LogP contribution in [0.3, 0.4) is 0 Å². The average molecular weight is 707 g/mol. The topological polar surface area (TPSA) is 38.9 Å². The first kappa shape index (κ1) is 25.6. The third-order valence-electron chi connectivity index (χ3n) is 10.4. The molecular formula is C52H32N2O. The lowest BCUT2D eigenvalue weighted by Gasteiger charge is -2.12. The van der Waals surface area contributed by atoms with E-state index in [2.05, 4.69) is 24.3 Å². The molecule has 0 fully saturated rings. The first-order valence-corrected chi connectivity index (χ1v) is 18.2. The summed E-state index contributed by atoms with van der Waals surface area (Å²) in [6.45, 7) is 0. The van der Waals surface area contributed by atoms with Gasteiger partial charge in [-0.15, -0.1) is 0 Å². The van der Waals surface area contributed by atoms with Gasteiger partial charge < -0.3 is 4.42 Å². The van der Waals surface area contributed by atoms with Crippen molar-refractivity contribution in [1.29, 1.82) is 0 Å². The molecule has 0 aliphatic rings. The molecule has 3 nitrogen and oxygen atoms in total. The molecule has 11 rings (SSSR count). The molecule has 2 aromatic heterocycles. The Morgan fingerprint density at radius 1 is 0.382 bits per heavy atom. The molecule has 9 aromatic carbocycles. The molecule has 0 aliphatic heterocycles. The van der Waals surface area contributed by atoms with E-state index in [-0.39, 0.29) is 75.0 Å². The van der Waals surface area contributed by atoms with Gasteiger partial charge in [-0.05, 0) is 79.3 Å². The van der Waals surface area contributed by atoms with Gasteiger partial charge in [0.05, 0.1) is 19.6 Å². The van der Waals surface area contributed by atoms with Gasteiger partial charge in [-0.3, -0.25) is 0 Å². The van der Waals surface area contributed by atoms with E-state index in [4.69, 9.17) is 17.1 Å². The highest BCUT2D eigenvalue weighted by Crippen LogP contribution is 2.41. The zero-order chi connectivity index (χ0) is 41.5. The van der Waals surface area contributed by atoms with Crippen molar-refractivity contribution in [2.75, 3.05) is 0 Å². The minimum atomic E-state index is -0.333. The van der Waals surface area contributed by atoms with Crippen molar-refractivity contribution in [3.05, 3.63) is 194 Å². The second-order valence-corrected chi connectivity index (χ2v) is 13.6. The van der Waals surface area contributed by atoms with Crippen LogP contribution >= 0.6 is 0 Å². The van der Waals surface area contributed by atoms with Gasteiger partial charge in [0.15, 0.2) is 5.82 Å². The number of nitrogens with zero attached hydrogens (tertiary/aromatic N) is 2. The minimum Gasteiger partial charge on any atom is -0.455 e. The highest BCUT2D eigenvalue weighted by Gasteiger charge is 2.17. The second-order valence-electron chi connectivity index (χ2n) is 13.6. The van der Waals surface area contributed by atoms with Crippen molar-refractivity contribution in [2.45, 2.75) is 0 Å². The van der Waals surface area contributed by atoms with Crippen LogP contribution in [0.4, 0.5) is 0 Å². The zero-order valence-corrected chi connectivity index (χ0v) is 29.3. The SMILES string of the molecule is [2H]c1c([2H])c([2H])c2c(oc3c([2H])c(-c4cc(-c5cccc(-c6ccccc6)c5)nc(-c5ccccc5)n4)c([2H])c([2H])c32)c1-c1ccc2c3ccccc3c3ccccc3c2c1. The van der Waals surface area contributed by atoms with Crippen molar-refractivity contribution >= 4 is 54.3 Å². The summed E-state index contributed by atoms with van der Waals surface area (Å²) in [5.41, 5.74) is 5.49. The number of hydrogen-bond acceptors (Lipinski definition) is 3. The van der Waals surface area contributed by atoms with Crippen molar-refractivity contribution in [3.63, 3.8) is 0 Å². The molecule has 0 saturated heterocycles. The van der Waals surface area contributed by atoms with E-state index in [9.17, 15) is 5.48 Å². The molecule has 0 bridgehead atoms. The van der Waals surface area contributed by atoms with Gasteiger partial charge in [0, 0.05) is 33.0 Å². The van der Waals surface area contributed by atoms with E-state index in [0.29, 0.717) is 17.1 Å². The zero-order valence-electron chi connectivity index (χ0n) is 35.3. The molecule has 3 heteroatoms. The van der Waals surface area contributed by atoms with E-state index in [1.54, 1.807) is 6.07 Å².